The fourth-order valence-electron chi connectivity index (χ4n) is 11.7. The number of hydrogen-bond donors (Lipinski definition) is 1. The lowest BCUT2D eigenvalue weighted by atomic mass is 9.28. The van der Waals surface area contributed by atoms with E-state index >= 15 is 0 Å². The number of aliphatic carboxylic acids is 1. The molecule has 3 nitrogen and oxygen atoms in total. The van der Waals surface area contributed by atoms with E-state index in [1.807, 2.05) is 0 Å². The molecule has 0 radical (unpaired) electrons. The van der Waals surface area contributed by atoms with Crippen LogP contribution < -0.4 is 0 Å². The Bertz CT molecular complexity index is 962. The third-order valence-corrected chi connectivity index (χ3v) is 14.1. The Morgan fingerprint density at radius 1 is 0.912 bits per heavy atom. The van der Waals surface area contributed by atoms with Crippen LogP contribution in [0.25, 0.3) is 0 Å². The summed E-state index contributed by atoms with van der Waals surface area (Å²) in [5.74, 6) is 1.48. The summed E-state index contributed by atoms with van der Waals surface area (Å²) in [7, 11) is 0. The van der Waals surface area contributed by atoms with Gasteiger partial charge in [-0.15, -0.1) is 0 Å². The van der Waals surface area contributed by atoms with Crippen molar-refractivity contribution in [1.29, 1.82) is 0 Å². The van der Waals surface area contributed by atoms with Crippen molar-refractivity contribution in [2.75, 3.05) is 0 Å². The summed E-state index contributed by atoms with van der Waals surface area (Å²) in [5.41, 5.74) is 1.05. The fourth-order valence-corrected chi connectivity index (χ4v) is 11.7. The van der Waals surface area contributed by atoms with Gasteiger partial charge in [0.2, 0.25) is 0 Å². The Kier molecular flexibility index (Phi) is 5.06. The molecule has 5 rings (SSSR count). The van der Waals surface area contributed by atoms with E-state index in [4.69, 9.17) is 0 Å². The summed E-state index contributed by atoms with van der Waals surface area (Å²) in [6.07, 6.45) is 11.1. The lowest BCUT2D eigenvalue weighted by molar-refractivity contribution is -0.274. The molecule has 190 valence electrons. The van der Waals surface area contributed by atoms with Crippen molar-refractivity contribution >= 4 is 11.8 Å². The maximum Gasteiger partial charge on any atom is 0.310 e. The van der Waals surface area contributed by atoms with Crippen molar-refractivity contribution in [3.8, 4) is 0 Å². The molecule has 0 aromatic heterocycles. The van der Waals surface area contributed by atoms with Gasteiger partial charge in [-0.25, -0.2) is 0 Å². The first-order chi connectivity index (χ1) is 15.6. The molecule has 0 bridgehead atoms. The summed E-state index contributed by atoms with van der Waals surface area (Å²) in [6.45, 7) is 19.1. The van der Waals surface area contributed by atoms with Gasteiger partial charge in [0.05, 0.1) is 5.41 Å². The standard InChI is InChI=1S/C31H48O3/c1-19-9-16-31(25(33)34)18-17-30(8)28(6)14-10-21-26(3,4)23(32)12-13-27(21,5)22(28)11-15-29(30,7)24(31)20(19)2/h9,20-22,24H,10-18H2,1-8H3,(H,33,34)/t20-,21-,22+,24-,27-,28+,29+,30-,31-/m0/s1. The molecule has 34 heavy (non-hydrogen) atoms. The molecule has 3 heteroatoms. The maximum atomic E-state index is 13.0. The number of carboxylic acid groups (broad SMARTS) is 1. The normalized spacial score (nSPS) is 54.1. The summed E-state index contributed by atoms with van der Waals surface area (Å²) < 4.78 is 0. The van der Waals surface area contributed by atoms with E-state index in [-0.39, 0.29) is 33.0 Å². The zero-order chi connectivity index (χ0) is 25.1. The minimum atomic E-state index is -0.614. The molecule has 1 N–H and O–H groups in total. The number of carboxylic acids is 1. The second kappa shape index (κ2) is 7.00. The van der Waals surface area contributed by atoms with E-state index < -0.39 is 11.4 Å². The predicted octanol–water partition coefficient (Wildman–Crippen LogP) is 7.69. The quantitative estimate of drug-likeness (QED) is 0.401. The minimum Gasteiger partial charge on any atom is -0.481 e. The number of fused-ring (bicyclic) bond motifs is 7. The number of ketones is 1. The highest BCUT2D eigenvalue weighted by molar-refractivity contribution is 5.85. The molecular weight excluding hydrogens is 420 g/mol. The first-order valence-corrected chi connectivity index (χ1v) is 14.1. The number of carbonyl (C=O) groups is 2. The van der Waals surface area contributed by atoms with Gasteiger partial charge in [-0.2, -0.15) is 0 Å². The number of allylic oxidation sites excluding steroid dienone is 2. The highest BCUT2D eigenvalue weighted by atomic mass is 16.4. The Morgan fingerprint density at radius 3 is 2.18 bits per heavy atom. The third kappa shape index (κ3) is 2.55. The SMILES string of the molecule is CC1=CC[C@]2(C(=O)O)CC[C@]3(C)[C@](C)(CC[C@@H]4[C@@]5(C)CCC(=O)C(C)(C)[C@@H]5CC[C@]43C)[C@@H]2[C@H]1C. The first-order valence-electron chi connectivity index (χ1n) is 14.1. The monoisotopic (exact) mass is 468 g/mol. The van der Waals surface area contributed by atoms with Gasteiger partial charge in [0.15, 0.2) is 0 Å². The van der Waals surface area contributed by atoms with Gasteiger partial charge in [-0.05, 0) is 104 Å². The largest absolute Gasteiger partial charge is 0.481 e. The lowest BCUT2D eigenvalue weighted by Gasteiger charge is -2.76. The molecule has 5 aliphatic carbocycles. The van der Waals surface area contributed by atoms with Gasteiger partial charge in [0, 0.05) is 11.8 Å². The van der Waals surface area contributed by atoms with E-state index in [9.17, 15) is 14.7 Å². The van der Waals surface area contributed by atoms with E-state index in [1.165, 1.54) is 18.4 Å². The van der Waals surface area contributed by atoms with Gasteiger partial charge in [-0.1, -0.05) is 60.1 Å². The molecule has 0 amide bonds. The van der Waals surface area contributed by atoms with Crippen LogP contribution in [0.2, 0.25) is 0 Å². The molecule has 0 spiro atoms. The Labute approximate surface area is 207 Å². The zero-order valence-corrected chi connectivity index (χ0v) is 23.0. The van der Waals surface area contributed by atoms with Crippen LogP contribution in [0.4, 0.5) is 0 Å². The van der Waals surface area contributed by atoms with Crippen molar-refractivity contribution in [3.05, 3.63) is 11.6 Å². The van der Waals surface area contributed by atoms with E-state index in [0.29, 0.717) is 30.0 Å². The lowest BCUT2D eigenvalue weighted by Crippen LogP contribution is -2.71. The predicted molar refractivity (Wildman–Crippen MR) is 136 cm³/mol. The maximum absolute atomic E-state index is 13.0. The first kappa shape index (κ1) is 24.6. The number of Topliss-reactive ketones (excluding diaryl/α,β-unsaturated/α-hetero) is 1. The Morgan fingerprint density at radius 2 is 1.53 bits per heavy atom. The molecular formula is C31H48O3. The van der Waals surface area contributed by atoms with E-state index in [0.717, 1.165) is 38.5 Å². The van der Waals surface area contributed by atoms with Crippen LogP contribution in [0.15, 0.2) is 11.6 Å². The van der Waals surface area contributed by atoms with Crippen molar-refractivity contribution in [2.45, 2.75) is 113 Å². The van der Waals surface area contributed by atoms with Crippen LogP contribution in [-0.4, -0.2) is 16.9 Å². The fraction of sp³-hybridized carbons (Fsp3) is 0.871. The Balaban J connectivity index is 1.62. The van der Waals surface area contributed by atoms with Crippen LogP contribution in [-0.2, 0) is 9.59 Å². The van der Waals surface area contributed by atoms with E-state index in [1.54, 1.807) is 0 Å². The van der Waals surface area contributed by atoms with Gasteiger partial charge in [0.25, 0.3) is 0 Å². The van der Waals surface area contributed by atoms with Gasteiger partial charge in [0.1, 0.15) is 5.78 Å². The van der Waals surface area contributed by atoms with Crippen LogP contribution in [0, 0.1) is 56.2 Å². The molecule has 4 saturated carbocycles. The number of carbonyl (C=O) groups excluding carboxylic acids is 1. The zero-order valence-electron chi connectivity index (χ0n) is 23.0. The van der Waals surface area contributed by atoms with Crippen molar-refractivity contribution in [3.63, 3.8) is 0 Å². The van der Waals surface area contributed by atoms with Gasteiger partial charge >= 0.3 is 5.97 Å². The molecule has 0 aliphatic heterocycles. The van der Waals surface area contributed by atoms with Crippen LogP contribution in [0.5, 0.6) is 0 Å². The van der Waals surface area contributed by atoms with Crippen molar-refractivity contribution < 1.29 is 14.7 Å². The van der Waals surface area contributed by atoms with Gasteiger partial charge < -0.3 is 5.11 Å². The van der Waals surface area contributed by atoms with Gasteiger partial charge in [-0.3, -0.25) is 9.59 Å². The third-order valence-electron chi connectivity index (χ3n) is 14.1. The molecule has 0 unspecified atom stereocenters. The molecule has 5 aliphatic rings. The number of hydrogen-bond acceptors (Lipinski definition) is 2. The van der Waals surface area contributed by atoms with Crippen LogP contribution >= 0.6 is 0 Å². The molecule has 9 atom stereocenters. The summed E-state index contributed by atoms with van der Waals surface area (Å²) in [6, 6.07) is 0. The van der Waals surface area contributed by atoms with Crippen molar-refractivity contribution in [1.82, 2.24) is 0 Å². The highest BCUT2D eigenvalue weighted by Gasteiger charge is 2.74. The average Bonchev–Trinajstić information content (AvgIpc) is 2.75. The molecule has 0 aromatic carbocycles. The van der Waals surface area contributed by atoms with Crippen LogP contribution in [0.3, 0.4) is 0 Å². The molecule has 0 saturated heterocycles. The minimum absolute atomic E-state index is 0.00697. The smallest absolute Gasteiger partial charge is 0.310 e. The second-order valence-corrected chi connectivity index (χ2v) is 14.9. The Hall–Kier alpha value is -1.12. The highest BCUT2D eigenvalue weighted by Crippen LogP contribution is 2.80. The summed E-state index contributed by atoms with van der Waals surface area (Å²) in [4.78, 5) is 25.9. The van der Waals surface area contributed by atoms with Crippen LogP contribution in [0.1, 0.15) is 113 Å². The molecule has 0 aromatic rings. The molecule has 0 heterocycles. The summed E-state index contributed by atoms with van der Waals surface area (Å²) in [5, 5.41) is 10.6. The van der Waals surface area contributed by atoms with Crippen molar-refractivity contribution in [2.24, 2.45) is 56.2 Å². The van der Waals surface area contributed by atoms with E-state index in [2.05, 4.69) is 61.5 Å². The molecule has 4 fully saturated rings. The average molecular weight is 469 g/mol. The summed E-state index contributed by atoms with van der Waals surface area (Å²) >= 11 is 0. The topological polar surface area (TPSA) is 54.4 Å². The number of rotatable bonds is 1. The second-order valence-electron chi connectivity index (χ2n) is 14.9.